The Morgan fingerprint density at radius 2 is 2.06 bits per heavy atom. The summed E-state index contributed by atoms with van der Waals surface area (Å²) in [5, 5.41) is 17.8. The molecule has 2 aromatic heterocycles. The average Bonchev–Trinajstić information content (AvgIpc) is 3.29. The van der Waals surface area contributed by atoms with Gasteiger partial charge in [-0.25, -0.2) is 13.9 Å². The van der Waals surface area contributed by atoms with E-state index in [4.69, 9.17) is 4.74 Å². The smallest absolute Gasteiger partial charge is 0.229 e. The predicted molar refractivity (Wildman–Crippen MR) is 129 cm³/mol. The molecule has 166 valence electrons. The Kier molecular flexibility index (Phi) is 7.99. The van der Waals surface area contributed by atoms with Crippen LogP contribution in [0.2, 0.25) is 0 Å². The van der Waals surface area contributed by atoms with E-state index in [-0.39, 0.29) is 12.6 Å². The number of rotatable bonds is 11. The topological polar surface area (TPSA) is 108 Å². The minimum absolute atomic E-state index is 0.0130. The zero-order chi connectivity index (χ0) is 22.3. The van der Waals surface area contributed by atoms with Crippen LogP contribution in [0.4, 0.5) is 17.5 Å². The first kappa shape index (κ1) is 23.2. The van der Waals surface area contributed by atoms with Crippen LogP contribution in [0, 0.1) is 0 Å². The van der Waals surface area contributed by atoms with Crippen LogP contribution in [0.15, 0.2) is 52.9 Å². The SMILES string of the molecule is C=S(=O)(NCCOC)c1ccc(Nc2ncc(-c3cccs3)c(N[C@H](C)CO)n2)cc1. The van der Waals surface area contributed by atoms with Crippen LogP contribution in [0.25, 0.3) is 10.4 Å². The number of aliphatic hydroxyl groups is 1. The van der Waals surface area contributed by atoms with Crippen molar-refractivity contribution in [2.75, 3.05) is 37.5 Å². The first-order chi connectivity index (χ1) is 14.9. The van der Waals surface area contributed by atoms with Crippen LogP contribution in [-0.2, 0) is 14.4 Å². The lowest BCUT2D eigenvalue weighted by Crippen LogP contribution is -2.26. The lowest BCUT2D eigenvalue weighted by atomic mass is 10.2. The standard InChI is InChI=1S/C21H27N5O3S2/c1-15(14-27)24-20-18(19-5-4-12-30-19)13-22-21(26-20)25-16-6-8-17(9-7-16)31(3,28)23-10-11-29-2/h4-9,12-13,15,27H,3,10-11,14H2,1-2H3,(H,23,28)(H2,22,24,25,26)/t15-,31?/m1/s1. The second-order valence-corrected chi connectivity index (χ2v) is 9.93. The highest BCUT2D eigenvalue weighted by Gasteiger charge is 2.13. The molecule has 31 heavy (non-hydrogen) atoms. The molecule has 3 aromatic rings. The zero-order valence-electron chi connectivity index (χ0n) is 17.5. The lowest BCUT2D eigenvalue weighted by molar-refractivity contribution is 0.205. The predicted octanol–water partition coefficient (Wildman–Crippen LogP) is 2.97. The summed E-state index contributed by atoms with van der Waals surface area (Å²) < 4.78 is 20.6. The van der Waals surface area contributed by atoms with Crippen molar-refractivity contribution in [2.24, 2.45) is 0 Å². The highest BCUT2D eigenvalue weighted by atomic mass is 32.2. The second kappa shape index (κ2) is 10.7. The molecule has 0 radical (unpaired) electrons. The van der Waals surface area contributed by atoms with Crippen LogP contribution in [0.3, 0.4) is 0 Å². The number of benzene rings is 1. The van der Waals surface area contributed by atoms with Gasteiger partial charge in [0.15, 0.2) is 0 Å². The van der Waals surface area contributed by atoms with Crippen molar-refractivity contribution in [3.05, 3.63) is 48.0 Å². The van der Waals surface area contributed by atoms with Crippen molar-refractivity contribution in [1.29, 1.82) is 0 Å². The van der Waals surface area contributed by atoms with E-state index in [0.29, 0.717) is 29.8 Å². The quantitative estimate of drug-likeness (QED) is 0.257. The molecule has 0 aliphatic rings. The van der Waals surface area contributed by atoms with E-state index in [2.05, 4.69) is 31.2 Å². The van der Waals surface area contributed by atoms with Gasteiger partial charge in [-0.2, -0.15) is 4.98 Å². The Bertz CT molecular complexity index is 1070. The molecule has 0 amide bonds. The van der Waals surface area contributed by atoms with Crippen molar-refractivity contribution in [3.8, 4) is 10.4 Å². The van der Waals surface area contributed by atoms with E-state index in [1.807, 2.05) is 24.4 Å². The molecule has 10 heteroatoms. The maximum Gasteiger partial charge on any atom is 0.229 e. The number of hydrogen-bond donors (Lipinski definition) is 4. The van der Waals surface area contributed by atoms with Gasteiger partial charge in [-0.1, -0.05) is 6.07 Å². The molecule has 0 aliphatic heterocycles. The molecule has 0 saturated carbocycles. The van der Waals surface area contributed by atoms with E-state index in [9.17, 15) is 9.32 Å². The minimum Gasteiger partial charge on any atom is -0.394 e. The van der Waals surface area contributed by atoms with Crippen molar-refractivity contribution >= 4 is 44.4 Å². The minimum atomic E-state index is -2.60. The molecule has 2 heterocycles. The highest BCUT2D eigenvalue weighted by molar-refractivity contribution is 7.98. The lowest BCUT2D eigenvalue weighted by Gasteiger charge is -2.16. The number of anilines is 3. The molecule has 8 nitrogen and oxygen atoms in total. The molecule has 0 fully saturated rings. The number of aliphatic hydroxyl groups excluding tert-OH is 1. The van der Waals surface area contributed by atoms with E-state index < -0.39 is 9.71 Å². The number of nitrogens with one attached hydrogen (secondary N) is 3. The van der Waals surface area contributed by atoms with Gasteiger partial charge in [-0.05, 0) is 48.5 Å². The number of nitrogens with zero attached hydrogens (tertiary/aromatic N) is 2. The van der Waals surface area contributed by atoms with Crippen molar-refractivity contribution in [2.45, 2.75) is 17.9 Å². The number of thiophene rings is 1. The average molecular weight is 462 g/mol. The Balaban J connectivity index is 1.78. The summed E-state index contributed by atoms with van der Waals surface area (Å²) >= 11 is 1.60. The second-order valence-electron chi connectivity index (χ2n) is 6.87. The van der Waals surface area contributed by atoms with Crippen LogP contribution >= 0.6 is 11.3 Å². The summed E-state index contributed by atoms with van der Waals surface area (Å²) in [4.78, 5) is 10.7. The third kappa shape index (κ3) is 6.25. The van der Waals surface area contributed by atoms with Gasteiger partial charge in [0, 0.05) is 41.4 Å². The number of ether oxygens (including phenoxy) is 1. The van der Waals surface area contributed by atoms with Crippen LogP contribution < -0.4 is 15.4 Å². The third-order valence-corrected chi connectivity index (χ3v) is 6.97. The van der Waals surface area contributed by atoms with Gasteiger partial charge in [-0.3, -0.25) is 0 Å². The zero-order valence-corrected chi connectivity index (χ0v) is 19.1. The largest absolute Gasteiger partial charge is 0.394 e. The van der Waals surface area contributed by atoms with Gasteiger partial charge in [-0.15, -0.1) is 11.3 Å². The van der Waals surface area contributed by atoms with Gasteiger partial charge in [0.05, 0.1) is 28.5 Å². The van der Waals surface area contributed by atoms with Gasteiger partial charge in [0.2, 0.25) is 5.95 Å². The molecular weight excluding hydrogens is 434 g/mol. The normalized spacial score (nSPS) is 14.0. The molecule has 0 aliphatic carbocycles. The monoisotopic (exact) mass is 461 g/mol. The molecular formula is C21H27N5O3S2. The fraction of sp³-hybridized carbons (Fsp3) is 0.286. The fourth-order valence-electron chi connectivity index (χ4n) is 2.72. The van der Waals surface area contributed by atoms with Gasteiger partial charge in [0.1, 0.15) is 5.82 Å². The molecule has 2 atom stereocenters. The number of aromatic nitrogens is 2. The van der Waals surface area contributed by atoms with Gasteiger partial charge < -0.3 is 20.5 Å². The van der Waals surface area contributed by atoms with Crippen molar-refractivity contribution in [3.63, 3.8) is 0 Å². The van der Waals surface area contributed by atoms with Gasteiger partial charge in [0.25, 0.3) is 0 Å². The Labute approximate surface area is 186 Å². The maximum atomic E-state index is 12.7. The molecule has 0 spiro atoms. The summed E-state index contributed by atoms with van der Waals surface area (Å²) in [6, 6.07) is 10.9. The summed E-state index contributed by atoms with van der Waals surface area (Å²) in [6.07, 6.45) is 1.75. The van der Waals surface area contributed by atoms with Crippen LogP contribution in [0.5, 0.6) is 0 Å². The first-order valence-electron chi connectivity index (χ1n) is 9.69. The first-order valence-corrected chi connectivity index (χ1v) is 12.3. The van der Waals surface area contributed by atoms with Gasteiger partial charge >= 0.3 is 0 Å². The van der Waals surface area contributed by atoms with E-state index in [0.717, 1.165) is 16.1 Å². The maximum absolute atomic E-state index is 12.7. The number of methoxy groups -OCH3 is 1. The molecule has 0 saturated heterocycles. The summed E-state index contributed by atoms with van der Waals surface area (Å²) in [5.41, 5.74) is 1.62. The molecule has 0 bridgehead atoms. The Hall–Kier alpha value is -2.50. The van der Waals surface area contributed by atoms with E-state index >= 15 is 0 Å². The molecule has 1 unspecified atom stereocenters. The summed E-state index contributed by atoms with van der Waals surface area (Å²) in [7, 11) is -1.01. The Morgan fingerprint density at radius 3 is 2.71 bits per heavy atom. The Morgan fingerprint density at radius 1 is 1.29 bits per heavy atom. The van der Waals surface area contributed by atoms with Crippen LogP contribution in [0.1, 0.15) is 6.92 Å². The van der Waals surface area contributed by atoms with Crippen LogP contribution in [-0.4, -0.2) is 58.1 Å². The summed E-state index contributed by atoms with van der Waals surface area (Å²) in [5.74, 6) is 4.85. The van der Waals surface area contributed by atoms with E-state index in [1.54, 1.807) is 48.9 Å². The molecule has 1 aromatic carbocycles. The fourth-order valence-corrected chi connectivity index (χ4v) is 4.62. The highest BCUT2D eigenvalue weighted by Crippen LogP contribution is 2.31. The van der Waals surface area contributed by atoms with E-state index in [1.165, 1.54) is 0 Å². The molecule has 4 N–H and O–H groups in total. The number of hydrogen-bond acceptors (Lipinski definition) is 8. The van der Waals surface area contributed by atoms with Crippen molar-refractivity contribution < 1.29 is 14.1 Å². The summed E-state index contributed by atoms with van der Waals surface area (Å²) in [6.45, 7) is 2.77. The van der Waals surface area contributed by atoms with Crippen molar-refractivity contribution in [1.82, 2.24) is 14.7 Å². The third-order valence-electron chi connectivity index (χ3n) is 4.36. The molecule has 3 rings (SSSR count).